The van der Waals surface area contributed by atoms with Gasteiger partial charge in [0.15, 0.2) is 0 Å². The van der Waals surface area contributed by atoms with Crippen molar-refractivity contribution in [3.63, 3.8) is 0 Å². The van der Waals surface area contributed by atoms with Crippen LogP contribution in [-0.2, 0) is 0 Å². The van der Waals surface area contributed by atoms with Gasteiger partial charge in [0.1, 0.15) is 12.0 Å². The standard InChI is InChI=1S/C11H12ClFN2O/c1-5(14)8-3-6-2-7(12)4-9(13)10(6)15-11(8)16/h2-5,11,15-16H,14H2,1H3/t5-,11?/m0/s1. The molecule has 16 heavy (non-hydrogen) atoms. The molecule has 1 unspecified atom stereocenters. The summed E-state index contributed by atoms with van der Waals surface area (Å²) in [6.07, 6.45) is 0.707. The van der Waals surface area contributed by atoms with Crippen LogP contribution in [0.1, 0.15) is 12.5 Å². The van der Waals surface area contributed by atoms with Crippen LogP contribution in [0.5, 0.6) is 0 Å². The summed E-state index contributed by atoms with van der Waals surface area (Å²) >= 11 is 5.75. The first kappa shape index (κ1) is 11.4. The molecular formula is C11H12ClFN2O. The molecule has 0 fully saturated rings. The highest BCUT2D eigenvalue weighted by atomic mass is 35.5. The zero-order valence-corrected chi connectivity index (χ0v) is 9.42. The Morgan fingerprint density at radius 1 is 1.56 bits per heavy atom. The fourth-order valence-electron chi connectivity index (χ4n) is 1.72. The third kappa shape index (κ3) is 1.91. The summed E-state index contributed by atoms with van der Waals surface area (Å²) in [5.74, 6) is -0.485. The first-order chi connectivity index (χ1) is 7.49. The normalized spacial score (nSPS) is 20.8. The third-order valence-electron chi connectivity index (χ3n) is 2.53. The van der Waals surface area contributed by atoms with Crippen molar-refractivity contribution in [2.24, 2.45) is 5.73 Å². The van der Waals surface area contributed by atoms with E-state index in [2.05, 4.69) is 5.32 Å². The summed E-state index contributed by atoms with van der Waals surface area (Å²) in [6, 6.07) is 2.52. The molecule has 0 bridgehead atoms. The lowest BCUT2D eigenvalue weighted by molar-refractivity contribution is 0.232. The van der Waals surface area contributed by atoms with Crippen molar-refractivity contribution in [1.29, 1.82) is 0 Å². The average molecular weight is 243 g/mol. The predicted octanol–water partition coefficient (Wildman–Crippen LogP) is 1.95. The first-order valence-electron chi connectivity index (χ1n) is 4.89. The Kier molecular flexibility index (Phi) is 2.88. The van der Waals surface area contributed by atoms with E-state index in [4.69, 9.17) is 17.3 Å². The van der Waals surface area contributed by atoms with E-state index in [-0.39, 0.29) is 11.7 Å². The molecule has 2 atom stereocenters. The molecule has 1 heterocycles. The van der Waals surface area contributed by atoms with E-state index in [1.165, 1.54) is 6.07 Å². The molecule has 1 aliphatic rings. The first-order valence-corrected chi connectivity index (χ1v) is 5.27. The van der Waals surface area contributed by atoms with Crippen LogP contribution in [-0.4, -0.2) is 17.4 Å². The Morgan fingerprint density at radius 3 is 2.88 bits per heavy atom. The van der Waals surface area contributed by atoms with Gasteiger partial charge in [-0.2, -0.15) is 0 Å². The zero-order valence-electron chi connectivity index (χ0n) is 8.67. The van der Waals surface area contributed by atoms with Crippen molar-refractivity contribution in [3.05, 3.63) is 34.1 Å². The van der Waals surface area contributed by atoms with Gasteiger partial charge in [-0.3, -0.25) is 0 Å². The molecule has 1 aromatic rings. The van der Waals surface area contributed by atoms with Gasteiger partial charge < -0.3 is 16.2 Å². The summed E-state index contributed by atoms with van der Waals surface area (Å²) in [7, 11) is 0. The maximum atomic E-state index is 13.5. The van der Waals surface area contributed by atoms with E-state index in [9.17, 15) is 9.50 Å². The highest BCUT2D eigenvalue weighted by Crippen LogP contribution is 2.32. The number of halogens is 2. The van der Waals surface area contributed by atoms with Crippen molar-refractivity contribution in [3.8, 4) is 0 Å². The molecule has 0 saturated heterocycles. The molecule has 0 saturated carbocycles. The van der Waals surface area contributed by atoms with Crippen molar-refractivity contribution in [2.45, 2.75) is 19.2 Å². The van der Waals surface area contributed by atoms with Gasteiger partial charge in [0.05, 0.1) is 5.69 Å². The molecule has 3 nitrogen and oxygen atoms in total. The molecule has 0 spiro atoms. The van der Waals surface area contributed by atoms with E-state index < -0.39 is 12.0 Å². The van der Waals surface area contributed by atoms with Crippen LogP contribution in [0.25, 0.3) is 6.08 Å². The lowest BCUT2D eigenvalue weighted by Crippen LogP contribution is -2.34. The smallest absolute Gasteiger partial charge is 0.148 e. The van der Waals surface area contributed by atoms with Gasteiger partial charge in [0.2, 0.25) is 0 Å². The van der Waals surface area contributed by atoms with Crippen LogP contribution in [0.15, 0.2) is 17.7 Å². The summed E-state index contributed by atoms with van der Waals surface area (Å²) in [5, 5.41) is 12.7. The average Bonchev–Trinajstić information content (AvgIpc) is 2.18. The minimum atomic E-state index is -0.955. The summed E-state index contributed by atoms with van der Waals surface area (Å²) < 4.78 is 13.5. The lowest BCUT2D eigenvalue weighted by atomic mass is 9.98. The minimum absolute atomic E-state index is 0.251. The molecule has 4 N–H and O–H groups in total. The topological polar surface area (TPSA) is 58.3 Å². The van der Waals surface area contributed by atoms with E-state index in [0.717, 1.165) is 0 Å². The van der Waals surface area contributed by atoms with Gasteiger partial charge in [-0.15, -0.1) is 0 Å². The minimum Gasteiger partial charge on any atom is -0.370 e. The molecule has 86 valence electrons. The molecule has 0 aliphatic carbocycles. The Morgan fingerprint density at radius 2 is 2.25 bits per heavy atom. The molecule has 0 amide bonds. The van der Waals surface area contributed by atoms with Gasteiger partial charge in [-0.05, 0) is 30.7 Å². The fraction of sp³-hybridized carbons (Fsp3) is 0.273. The summed E-state index contributed by atoms with van der Waals surface area (Å²) in [4.78, 5) is 0. The highest BCUT2D eigenvalue weighted by molar-refractivity contribution is 6.30. The van der Waals surface area contributed by atoms with Crippen LogP contribution < -0.4 is 11.1 Å². The molecule has 2 rings (SSSR count). The van der Waals surface area contributed by atoms with Crippen molar-refractivity contribution < 1.29 is 9.50 Å². The van der Waals surface area contributed by atoms with Gasteiger partial charge >= 0.3 is 0 Å². The Balaban J connectivity index is 2.55. The number of hydrogen-bond donors (Lipinski definition) is 3. The van der Waals surface area contributed by atoms with Gasteiger partial charge in [0, 0.05) is 16.6 Å². The number of aliphatic hydroxyl groups excluding tert-OH is 1. The molecule has 1 aliphatic heterocycles. The maximum Gasteiger partial charge on any atom is 0.148 e. The largest absolute Gasteiger partial charge is 0.370 e. The number of nitrogens with two attached hydrogens (primary N) is 1. The Hall–Kier alpha value is -1.10. The zero-order chi connectivity index (χ0) is 11.9. The molecular weight excluding hydrogens is 231 g/mol. The highest BCUT2D eigenvalue weighted by Gasteiger charge is 2.23. The molecule has 1 aromatic carbocycles. The second-order valence-electron chi connectivity index (χ2n) is 3.83. The van der Waals surface area contributed by atoms with E-state index >= 15 is 0 Å². The van der Waals surface area contributed by atoms with Gasteiger partial charge in [-0.25, -0.2) is 4.39 Å². The van der Waals surface area contributed by atoms with Crippen LogP contribution in [0, 0.1) is 5.82 Å². The van der Waals surface area contributed by atoms with Crippen LogP contribution in [0.2, 0.25) is 5.02 Å². The van der Waals surface area contributed by atoms with Crippen molar-refractivity contribution in [2.75, 3.05) is 5.32 Å². The number of fused-ring (bicyclic) bond motifs is 1. The Bertz CT molecular complexity index is 460. The van der Waals surface area contributed by atoms with Gasteiger partial charge in [0.25, 0.3) is 0 Å². The van der Waals surface area contributed by atoms with Crippen molar-refractivity contribution >= 4 is 23.4 Å². The SMILES string of the molecule is C[C@H](N)C1=Cc2cc(Cl)cc(F)c2NC1O. The summed E-state index contributed by atoms with van der Waals surface area (Å²) in [5.41, 5.74) is 7.15. The number of anilines is 1. The molecule has 0 aromatic heterocycles. The predicted molar refractivity (Wildman–Crippen MR) is 62.7 cm³/mol. The van der Waals surface area contributed by atoms with Crippen LogP contribution in [0.4, 0.5) is 10.1 Å². The van der Waals surface area contributed by atoms with E-state index in [1.54, 1.807) is 19.1 Å². The van der Waals surface area contributed by atoms with Crippen molar-refractivity contribution in [1.82, 2.24) is 0 Å². The second-order valence-corrected chi connectivity index (χ2v) is 4.27. The van der Waals surface area contributed by atoms with Gasteiger partial charge in [-0.1, -0.05) is 11.6 Å². The van der Waals surface area contributed by atoms with Crippen LogP contribution in [0.3, 0.4) is 0 Å². The Labute approximate surface area is 97.7 Å². The van der Waals surface area contributed by atoms with E-state index in [1.807, 2.05) is 0 Å². The second kappa shape index (κ2) is 4.05. The number of hydrogen-bond acceptors (Lipinski definition) is 3. The molecule has 5 heteroatoms. The third-order valence-corrected chi connectivity index (χ3v) is 2.75. The monoisotopic (exact) mass is 242 g/mol. The van der Waals surface area contributed by atoms with Crippen LogP contribution >= 0.6 is 11.6 Å². The maximum absolute atomic E-state index is 13.5. The lowest BCUT2D eigenvalue weighted by Gasteiger charge is -2.26. The number of nitrogens with one attached hydrogen (secondary N) is 1. The number of rotatable bonds is 1. The fourth-order valence-corrected chi connectivity index (χ4v) is 1.93. The number of aliphatic hydroxyl groups is 1. The summed E-state index contributed by atoms with van der Waals surface area (Å²) in [6.45, 7) is 1.75. The molecule has 0 radical (unpaired) electrons. The number of benzene rings is 1. The van der Waals surface area contributed by atoms with E-state index in [0.29, 0.717) is 16.2 Å². The quantitative estimate of drug-likeness (QED) is 0.706.